The molecule has 1 atom stereocenters. The van der Waals surface area contributed by atoms with Crippen LogP contribution in [0, 0.1) is 0 Å². The molecule has 0 fully saturated rings. The number of anilines is 1. The molecule has 9 nitrogen and oxygen atoms in total. The predicted octanol–water partition coefficient (Wildman–Crippen LogP) is 3.39. The van der Waals surface area contributed by atoms with E-state index in [9.17, 15) is 14.4 Å². The molecular weight excluding hydrogens is 414 g/mol. The molecule has 1 unspecified atom stereocenters. The van der Waals surface area contributed by atoms with Crippen LogP contribution in [0.15, 0.2) is 65.5 Å². The maximum atomic E-state index is 12.5. The molecular formula is C23H21N3O6. The average molecular weight is 435 g/mol. The van der Waals surface area contributed by atoms with E-state index in [1.54, 1.807) is 0 Å². The summed E-state index contributed by atoms with van der Waals surface area (Å²) in [7, 11) is 0. The van der Waals surface area contributed by atoms with Gasteiger partial charge in [0.2, 0.25) is 5.91 Å². The van der Waals surface area contributed by atoms with Crippen molar-refractivity contribution < 1.29 is 28.8 Å². The van der Waals surface area contributed by atoms with Gasteiger partial charge in [0.05, 0.1) is 6.20 Å². The molecule has 1 aliphatic rings. The van der Waals surface area contributed by atoms with Gasteiger partial charge < -0.3 is 25.0 Å². The number of benzene rings is 2. The normalized spacial score (nSPS) is 13.0. The van der Waals surface area contributed by atoms with E-state index in [0.717, 1.165) is 22.3 Å². The molecule has 3 aromatic rings. The first kappa shape index (κ1) is 21.1. The van der Waals surface area contributed by atoms with Gasteiger partial charge >= 0.3 is 12.1 Å². The standard InChI is InChI=1S/C23H21N3O6/c27-21(28)10-9-20(22(29)25-14-11-24-32-12-14)26-23(30)31-13-19-17-7-3-1-5-15(17)16-6-2-4-8-18(16)19/h1-8,11-12,19-20H,9-10,13H2,(H,25,29)(H,26,30)(H,27,28). The number of carbonyl (C=O) groups excluding carboxylic acids is 2. The molecule has 0 radical (unpaired) electrons. The zero-order valence-corrected chi connectivity index (χ0v) is 17.0. The van der Waals surface area contributed by atoms with E-state index in [2.05, 4.69) is 20.3 Å². The van der Waals surface area contributed by atoms with Crippen LogP contribution in [0.4, 0.5) is 10.5 Å². The van der Waals surface area contributed by atoms with Crippen LogP contribution in [0.3, 0.4) is 0 Å². The second-order valence-corrected chi connectivity index (χ2v) is 7.36. The van der Waals surface area contributed by atoms with E-state index in [4.69, 9.17) is 9.84 Å². The van der Waals surface area contributed by atoms with Crippen LogP contribution < -0.4 is 10.6 Å². The van der Waals surface area contributed by atoms with Gasteiger partial charge in [-0.15, -0.1) is 0 Å². The van der Waals surface area contributed by atoms with E-state index >= 15 is 0 Å². The SMILES string of the molecule is O=C(O)CCC(NC(=O)OCC1c2ccccc2-c2ccccc21)C(=O)Nc1cnoc1. The molecule has 0 saturated carbocycles. The molecule has 3 N–H and O–H groups in total. The Morgan fingerprint density at radius 1 is 1.06 bits per heavy atom. The van der Waals surface area contributed by atoms with E-state index in [1.807, 2.05) is 48.5 Å². The fourth-order valence-corrected chi connectivity index (χ4v) is 3.81. The highest BCUT2D eigenvalue weighted by Crippen LogP contribution is 2.44. The van der Waals surface area contributed by atoms with Crippen molar-refractivity contribution in [3.05, 3.63) is 72.1 Å². The number of carboxylic acid groups (broad SMARTS) is 1. The van der Waals surface area contributed by atoms with Gasteiger partial charge in [0.1, 0.15) is 24.6 Å². The summed E-state index contributed by atoms with van der Waals surface area (Å²) in [4.78, 5) is 36.0. The van der Waals surface area contributed by atoms with Crippen molar-refractivity contribution in [2.45, 2.75) is 24.8 Å². The van der Waals surface area contributed by atoms with Gasteiger partial charge in [-0.05, 0) is 28.7 Å². The number of amides is 2. The molecule has 4 rings (SSSR count). The van der Waals surface area contributed by atoms with Crippen LogP contribution in [0.25, 0.3) is 11.1 Å². The lowest BCUT2D eigenvalue weighted by molar-refractivity contribution is -0.137. The number of carboxylic acids is 1. The lowest BCUT2D eigenvalue weighted by Crippen LogP contribution is -2.44. The van der Waals surface area contributed by atoms with E-state index in [-0.39, 0.29) is 25.4 Å². The molecule has 164 valence electrons. The summed E-state index contributed by atoms with van der Waals surface area (Å²) in [5.41, 5.74) is 4.63. The Morgan fingerprint density at radius 2 is 1.72 bits per heavy atom. The van der Waals surface area contributed by atoms with Crippen molar-refractivity contribution in [2.24, 2.45) is 0 Å². The minimum absolute atomic E-state index is 0.0821. The highest BCUT2D eigenvalue weighted by Gasteiger charge is 2.30. The minimum atomic E-state index is -1.10. The van der Waals surface area contributed by atoms with Crippen molar-refractivity contribution in [3.8, 4) is 11.1 Å². The van der Waals surface area contributed by atoms with Crippen LogP contribution in [-0.4, -0.2) is 40.9 Å². The average Bonchev–Trinajstić information content (AvgIpc) is 3.41. The van der Waals surface area contributed by atoms with Gasteiger partial charge in [0.25, 0.3) is 0 Å². The minimum Gasteiger partial charge on any atom is -0.481 e. The third-order valence-electron chi connectivity index (χ3n) is 5.30. The molecule has 0 bridgehead atoms. The van der Waals surface area contributed by atoms with Crippen LogP contribution in [0.2, 0.25) is 0 Å². The van der Waals surface area contributed by atoms with Crippen molar-refractivity contribution in [1.29, 1.82) is 0 Å². The molecule has 2 amide bonds. The number of alkyl carbamates (subject to hydrolysis) is 1. The Labute approximate surface area is 183 Å². The lowest BCUT2D eigenvalue weighted by Gasteiger charge is -2.19. The first-order chi connectivity index (χ1) is 15.5. The Balaban J connectivity index is 1.42. The summed E-state index contributed by atoms with van der Waals surface area (Å²) < 4.78 is 10.1. The van der Waals surface area contributed by atoms with Gasteiger partial charge in [0.15, 0.2) is 0 Å². The molecule has 0 spiro atoms. The second-order valence-electron chi connectivity index (χ2n) is 7.36. The van der Waals surface area contributed by atoms with Gasteiger partial charge in [-0.25, -0.2) is 4.79 Å². The topological polar surface area (TPSA) is 131 Å². The van der Waals surface area contributed by atoms with Crippen LogP contribution in [0.1, 0.15) is 29.9 Å². The third-order valence-corrected chi connectivity index (χ3v) is 5.30. The second kappa shape index (κ2) is 9.34. The van der Waals surface area contributed by atoms with E-state index in [0.29, 0.717) is 5.69 Å². The maximum Gasteiger partial charge on any atom is 0.407 e. The molecule has 0 saturated heterocycles. The zero-order valence-electron chi connectivity index (χ0n) is 17.0. The molecule has 1 aromatic heterocycles. The molecule has 0 aliphatic heterocycles. The zero-order chi connectivity index (χ0) is 22.5. The van der Waals surface area contributed by atoms with Crippen LogP contribution >= 0.6 is 0 Å². The third kappa shape index (κ3) is 4.61. The van der Waals surface area contributed by atoms with Crippen molar-refractivity contribution >= 4 is 23.7 Å². The lowest BCUT2D eigenvalue weighted by atomic mass is 9.98. The number of aromatic nitrogens is 1. The summed E-state index contributed by atoms with van der Waals surface area (Å²) in [5, 5.41) is 17.4. The van der Waals surface area contributed by atoms with Crippen LogP contribution in [-0.2, 0) is 14.3 Å². The molecule has 1 aliphatic carbocycles. The number of aliphatic carboxylic acids is 1. The number of hydrogen-bond donors (Lipinski definition) is 3. The van der Waals surface area contributed by atoms with Crippen molar-refractivity contribution in [1.82, 2.24) is 10.5 Å². The first-order valence-electron chi connectivity index (χ1n) is 10.1. The largest absolute Gasteiger partial charge is 0.481 e. The highest BCUT2D eigenvalue weighted by atomic mass is 16.5. The molecule has 9 heteroatoms. The monoisotopic (exact) mass is 435 g/mol. The summed E-state index contributed by atoms with van der Waals surface area (Å²) in [5.74, 6) is -1.80. The number of hydrogen-bond acceptors (Lipinski definition) is 6. The van der Waals surface area contributed by atoms with Crippen LogP contribution in [0.5, 0.6) is 0 Å². The molecule has 32 heavy (non-hydrogen) atoms. The highest BCUT2D eigenvalue weighted by molar-refractivity contribution is 5.96. The fourth-order valence-electron chi connectivity index (χ4n) is 3.81. The molecule has 2 aromatic carbocycles. The van der Waals surface area contributed by atoms with Gasteiger partial charge in [-0.3, -0.25) is 9.59 Å². The summed E-state index contributed by atoms with van der Waals surface area (Å²) in [6.45, 7) is 0.0821. The Bertz CT molecular complexity index is 1080. The van der Waals surface area contributed by atoms with Crippen molar-refractivity contribution in [3.63, 3.8) is 0 Å². The van der Waals surface area contributed by atoms with Gasteiger partial charge in [-0.1, -0.05) is 53.7 Å². The van der Waals surface area contributed by atoms with Gasteiger partial charge in [0, 0.05) is 12.3 Å². The number of nitrogens with one attached hydrogen (secondary N) is 2. The van der Waals surface area contributed by atoms with E-state index < -0.39 is 24.0 Å². The van der Waals surface area contributed by atoms with Crippen molar-refractivity contribution in [2.75, 3.05) is 11.9 Å². The van der Waals surface area contributed by atoms with E-state index in [1.165, 1.54) is 12.5 Å². The Kier molecular flexibility index (Phi) is 6.16. The summed E-state index contributed by atoms with van der Waals surface area (Å²) in [6.07, 6.45) is 1.31. The summed E-state index contributed by atoms with van der Waals surface area (Å²) >= 11 is 0. The first-order valence-corrected chi connectivity index (χ1v) is 10.1. The Hall–Kier alpha value is -4.14. The smallest absolute Gasteiger partial charge is 0.407 e. The molecule has 1 heterocycles. The number of ether oxygens (including phenoxy) is 1. The Morgan fingerprint density at radius 3 is 2.31 bits per heavy atom. The predicted molar refractivity (Wildman–Crippen MR) is 114 cm³/mol. The summed E-state index contributed by atoms with van der Waals surface area (Å²) in [6, 6.07) is 14.8. The fraction of sp³-hybridized carbons (Fsp3) is 0.217. The number of rotatable bonds is 8. The van der Waals surface area contributed by atoms with Gasteiger partial charge in [-0.2, -0.15) is 0 Å². The number of carbonyl (C=O) groups is 3. The number of nitrogens with zero attached hydrogens (tertiary/aromatic N) is 1. The quantitative estimate of drug-likeness (QED) is 0.494. The maximum absolute atomic E-state index is 12.5. The number of fused-ring (bicyclic) bond motifs is 3.